The summed E-state index contributed by atoms with van der Waals surface area (Å²) < 4.78 is 9.99. The predicted octanol–water partition coefficient (Wildman–Crippen LogP) is 1.18. The van der Waals surface area contributed by atoms with Gasteiger partial charge in [0.2, 0.25) is 5.88 Å². The summed E-state index contributed by atoms with van der Waals surface area (Å²) in [5, 5.41) is -0.0732. The lowest BCUT2D eigenvalue weighted by molar-refractivity contribution is 0.199. The van der Waals surface area contributed by atoms with Crippen LogP contribution >= 0.6 is 11.6 Å². The molecule has 0 aliphatic carbocycles. The smallest absolute Gasteiger partial charge is 0.218 e. The maximum atomic E-state index is 6.06. The molecule has 1 unspecified atom stereocenters. The van der Waals surface area contributed by atoms with Crippen molar-refractivity contribution in [2.75, 3.05) is 39.3 Å². The molecule has 0 fully saturated rings. The van der Waals surface area contributed by atoms with Crippen LogP contribution in [0.4, 0.5) is 5.82 Å². The van der Waals surface area contributed by atoms with Crippen molar-refractivity contribution < 1.29 is 9.47 Å². The van der Waals surface area contributed by atoms with Crippen LogP contribution < -0.4 is 9.64 Å². The highest BCUT2D eigenvalue weighted by Crippen LogP contribution is 2.14. The molecule has 0 bridgehead atoms. The second-order valence-corrected chi connectivity index (χ2v) is 3.97. The fourth-order valence-electron chi connectivity index (χ4n) is 1.27. The van der Waals surface area contributed by atoms with E-state index in [4.69, 9.17) is 21.1 Å². The van der Waals surface area contributed by atoms with Gasteiger partial charge in [-0.1, -0.05) is 0 Å². The largest absolute Gasteiger partial charge is 0.481 e. The van der Waals surface area contributed by atoms with Gasteiger partial charge in [-0.15, -0.1) is 11.6 Å². The molecule has 0 radical (unpaired) electrons. The average Bonchev–Trinajstić information content (AvgIpc) is 2.29. The molecule has 0 saturated carbocycles. The third-order valence-corrected chi connectivity index (χ3v) is 2.31. The van der Waals surface area contributed by atoms with Crippen molar-refractivity contribution in [3.63, 3.8) is 0 Å². The van der Waals surface area contributed by atoms with Crippen LogP contribution in [0.2, 0.25) is 0 Å². The molecular formula is C10H16ClN3O2. The van der Waals surface area contributed by atoms with Gasteiger partial charge in [0.25, 0.3) is 0 Å². The molecule has 90 valence electrons. The Morgan fingerprint density at radius 3 is 2.81 bits per heavy atom. The van der Waals surface area contributed by atoms with Crippen molar-refractivity contribution in [3.8, 4) is 5.88 Å². The Balaban J connectivity index is 2.61. The number of anilines is 1. The molecular weight excluding hydrogens is 230 g/mol. The summed E-state index contributed by atoms with van der Waals surface area (Å²) in [6, 6.07) is 1.76. The van der Waals surface area contributed by atoms with Crippen LogP contribution in [0.5, 0.6) is 5.88 Å². The summed E-state index contributed by atoms with van der Waals surface area (Å²) in [5.41, 5.74) is 0. The Morgan fingerprint density at radius 1 is 1.44 bits per heavy atom. The van der Waals surface area contributed by atoms with Crippen molar-refractivity contribution in [2.45, 2.75) is 5.38 Å². The predicted molar refractivity (Wildman–Crippen MR) is 63.4 cm³/mol. The average molecular weight is 246 g/mol. The highest BCUT2D eigenvalue weighted by Gasteiger charge is 2.10. The van der Waals surface area contributed by atoms with E-state index in [0.717, 1.165) is 5.82 Å². The van der Waals surface area contributed by atoms with Crippen LogP contribution in [-0.2, 0) is 4.74 Å². The molecule has 6 heteroatoms. The van der Waals surface area contributed by atoms with Crippen LogP contribution in [0, 0.1) is 0 Å². The molecule has 0 saturated heterocycles. The topological polar surface area (TPSA) is 47.5 Å². The summed E-state index contributed by atoms with van der Waals surface area (Å²) in [4.78, 5) is 10.0. The molecule has 1 rings (SSSR count). The number of hydrogen-bond acceptors (Lipinski definition) is 5. The summed E-state index contributed by atoms with van der Waals surface area (Å²) in [5.74, 6) is 1.31. The lowest BCUT2D eigenvalue weighted by atomic mass is 10.4. The van der Waals surface area contributed by atoms with Crippen molar-refractivity contribution >= 4 is 17.4 Å². The van der Waals surface area contributed by atoms with Crippen LogP contribution in [-0.4, -0.2) is 49.8 Å². The van der Waals surface area contributed by atoms with Gasteiger partial charge in [-0.05, 0) is 0 Å². The Morgan fingerprint density at radius 2 is 2.19 bits per heavy atom. The van der Waals surface area contributed by atoms with E-state index in [0.29, 0.717) is 19.0 Å². The number of ether oxygens (including phenoxy) is 2. The van der Waals surface area contributed by atoms with E-state index < -0.39 is 0 Å². The zero-order valence-corrected chi connectivity index (χ0v) is 10.4. The zero-order valence-electron chi connectivity index (χ0n) is 9.68. The van der Waals surface area contributed by atoms with Gasteiger partial charge < -0.3 is 14.4 Å². The first-order valence-electron chi connectivity index (χ1n) is 4.87. The SMILES string of the molecule is COCC(Cl)CN(C)c1cc(OC)ncn1. The fraction of sp³-hybridized carbons (Fsp3) is 0.600. The van der Waals surface area contributed by atoms with E-state index in [1.165, 1.54) is 6.33 Å². The van der Waals surface area contributed by atoms with Crippen LogP contribution in [0.15, 0.2) is 12.4 Å². The highest BCUT2D eigenvalue weighted by molar-refractivity contribution is 6.21. The number of hydrogen-bond donors (Lipinski definition) is 0. The molecule has 1 heterocycles. The van der Waals surface area contributed by atoms with E-state index in [1.54, 1.807) is 20.3 Å². The van der Waals surface area contributed by atoms with Crippen molar-refractivity contribution in [2.24, 2.45) is 0 Å². The minimum atomic E-state index is -0.0732. The molecule has 0 spiro atoms. The van der Waals surface area contributed by atoms with Crippen LogP contribution in [0.3, 0.4) is 0 Å². The number of methoxy groups -OCH3 is 2. The zero-order chi connectivity index (χ0) is 12.0. The quantitative estimate of drug-likeness (QED) is 0.705. The standard InChI is InChI=1S/C10H16ClN3O2/c1-14(5-8(11)6-15-2)9-4-10(16-3)13-7-12-9/h4,7-8H,5-6H2,1-3H3. The van der Waals surface area contributed by atoms with Gasteiger partial charge >= 0.3 is 0 Å². The molecule has 16 heavy (non-hydrogen) atoms. The minimum absolute atomic E-state index is 0.0732. The molecule has 1 aromatic heterocycles. The van der Waals surface area contributed by atoms with E-state index in [9.17, 15) is 0 Å². The maximum Gasteiger partial charge on any atom is 0.218 e. The molecule has 0 aliphatic rings. The van der Waals surface area contributed by atoms with E-state index >= 15 is 0 Å². The molecule has 1 atom stereocenters. The van der Waals surface area contributed by atoms with Crippen molar-refractivity contribution in [1.82, 2.24) is 9.97 Å². The molecule has 0 amide bonds. The number of nitrogens with zero attached hydrogens (tertiary/aromatic N) is 3. The van der Waals surface area contributed by atoms with Gasteiger partial charge in [-0.3, -0.25) is 0 Å². The molecule has 0 N–H and O–H groups in total. The first-order chi connectivity index (χ1) is 7.67. The van der Waals surface area contributed by atoms with Crippen molar-refractivity contribution in [3.05, 3.63) is 12.4 Å². The first kappa shape index (κ1) is 13.0. The number of aromatic nitrogens is 2. The lowest BCUT2D eigenvalue weighted by Crippen LogP contribution is -2.29. The summed E-state index contributed by atoms with van der Waals surface area (Å²) >= 11 is 6.06. The van der Waals surface area contributed by atoms with E-state index in [1.807, 2.05) is 11.9 Å². The van der Waals surface area contributed by atoms with Crippen LogP contribution in [0.25, 0.3) is 0 Å². The van der Waals surface area contributed by atoms with Gasteiger partial charge in [-0.25, -0.2) is 9.97 Å². The Kier molecular flexibility index (Phi) is 5.28. The Labute approximate surface area is 100 Å². The van der Waals surface area contributed by atoms with Gasteiger partial charge in [0.1, 0.15) is 12.1 Å². The third kappa shape index (κ3) is 3.83. The Bertz CT molecular complexity index is 325. The van der Waals surface area contributed by atoms with E-state index in [-0.39, 0.29) is 5.38 Å². The molecule has 0 aliphatic heterocycles. The number of halogens is 1. The third-order valence-electron chi connectivity index (χ3n) is 2.05. The normalized spacial score (nSPS) is 12.2. The molecule has 1 aromatic rings. The maximum absolute atomic E-state index is 6.06. The molecule has 5 nitrogen and oxygen atoms in total. The first-order valence-corrected chi connectivity index (χ1v) is 5.31. The van der Waals surface area contributed by atoms with E-state index in [2.05, 4.69) is 9.97 Å². The second kappa shape index (κ2) is 6.50. The van der Waals surface area contributed by atoms with Crippen LogP contribution in [0.1, 0.15) is 0 Å². The van der Waals surface area contributed by atoms with Gasteiger partial charge in [-0.2, -0.15) is 0 Å². The second-order valence-electron chi connectivity index (χ2n) is 3.35. The number of rotatable bonds is 6. The van der Waals surface area contributed by atoms with Gasteiger partial charge in [0.15, 0.2) is 0 Å². The fourth-order valence-corrected chi connectivity index (χ4v) is 1.61. The summed E-state index contributed by atoms with van der Waals surface area (Å²) in [6.07, 6.45) is 1.46. The Hall–Kier alpha value is -1.07. The minimum Gasteiger partial charge on any atom is -0.481 e. The van der Waals surface area contributed by atoms with Gasteiger partial charge in [0.05, 0.1) is 19.1 Å². The molecule has 0 aromatic carbocycles. The van der Waals surface area contributed by atoms with Gasteiger partial charge in [0, 0.05) is 26.8 Å². The monoisotopic (exact) mass is 245 g/mol. The lowest BCUT2D eigenvalue weighted by Gasteiger charge is -2.20. The summed E-state index contributed by atoms with van der Waals surface area (Å²) in [6.45, 7) is 1.16. The summed E-state index contributed by atoms with van der Waals surface area (Å²) in [7, 11) is 5.11. The number of alkyl halides is 1. The van der Waals surface area contributed by atoms with Crippen molar-refractivity contribution in [1.29, 1.82) is 0 Å². The highest BCUT2D eigenvalue weighted by atomic mass is 35.5.